The van der Waals surface area contributed by atoms with Gasteiger partial charge in [0.25, 0.3) is 0 Å². The number of halogens is 2. The van der Waals surface area contributed by atoms with Crippen molar-refractivity contribution >= 4 is 0 Å². The maximum absolute atomic E-state index is 13.2. The minimum Gasteiger partial charge on any atom is -0.503 e. The fraction of sp³-hybridized carbons (Fsp3) is 0.250. The standard InChI is InChI=1S/C16H17F2NO/c1-19(8-7-12-5-3-2-4-6-12)11-13-9-14(17)16(20)15(18)10-13/h2-6,9-10,20H,7-8,11H2,1H3. The maximum Gasteiger partial charge on any atom is 0.187 e. The van der Waals surface area contributed by atoms with Gasteiger partial charge in [0.2, 0.25) is 0 Å². The third kappa shape index (κ3) is 3.78. The molecule has 0 aliphatic heterocycles. The van der Waals surface area contributed by atoms with Crippen molar-refractivity contribution in [3.8, 4) is 5.75 Å². The molecule has 0 radical (unpaired) electrons. The lowest BCUT2D eigenvalue weighted by molar-refractivity contribution is 0.328. The SMILES string of the molecule is CN(CCc1ccccc1)Cc1cc(F)c(O)c(F)c1. The molecule has 0 aliphatic rings. The Morgan fingerprint density at radius 1 is 1.00 bits per heavy atom. The molecule has 2 aromatic carbocycles. The Balaban J connectivity index is 1.93. The molecule has 0 saturated carbocycles. The molecular weight excluding hydrogens is 260 g/mol. The number of benzene rings is 2. The first kappa shape index (κ1) is 14.5. The second-order valence-electron chi connectivity index (χ2n) is 4.88. The van der Waals surface area contributed by atoms with E-state index in [4.69, 9.17) is 5.11 Å². The van der Waals surface area contributed by atoms with E-state index in [1.807, 2.05) is 42.3 Å². The summed E-state index contributed by atoms with van der Waals surface area (Å²) in [6, 6.07) is 12.4. The summed E-state index contributed by atoms with van der Waals surface area (Å²) in [5.74, 6) is -2.76. The summed E-state index contributed by atoms with van der Waals surface area (Å²) in [5.41, 5.74) is 1.73. The molecule has 0 aromatic heterocycles. The summed E-state index contributed by atoms with van der Waals surface area (Å²) in [7, 11) is 1.89. The van der Waals surface area contributed by atoms with E-state index in [1.165, 1.54) is 5.56 Å². The second-order valence-corrected chi connectivity index (χ2v) is 4.88. The zero-order chi connectivity index (χ0) is 14.5. The summed E-state index contributed by atoms with van der Waals surface area (Å²) in [6.07, 6.45) is 0.875. The third-order valence-electron chi connectivity index (χ3n) is 3.15. The van der Waals surface area contributed by atoms with Gasteiger partial charge < -0.3 is 10.0 Å². The van der Waals surface area contributed by atoms with E-state index >= 15 is 0 Å². The lowest BCUT2D eigenvalue weighted by Gasteiger charge is -2.17. The highest BCUT2D eigenvalue weighted by Crippen LogP contribution is 2.22. The molecule has 2 aromatic rings. The summed E-state index contributed by atoms with van der Waals surface area (Å²) in [6.45, 7) is 1.22. The van der Waals surface area contributed by atoms with Gasteiger partial charge in [-0.1, -0.05) is 30.3 Å². The minimum atomic E-state index is -0.920. The van der Waals surface area contributed by atoms with Crippen LogP contribution in [0.4, 0.5) is 8.78 Å². The lowest BCUT2D eigenvalue weighted by Crippen LogP contribution is -2.20. The van der Waals surface area contributed by atoms with Crippen LogP contribution in [0.2, 0.25) is 0 Å². The Bertz CT molecular complexity index is 549. The van der Waals surface area contributed by atoms with Gasteiger partial charge in [0, 0.05) is 13.1 Å². The van der Waals surface area contributed by atoms with Crippen LogP contribution in [-0.4, -0.2) is 23.6 Å². The Morgan fingerprint density at radius 3 is 2.20 bits per heavy atom. The normalized spacial score (nSPS) is 11.0. The molecule has 0 saturated heterocycles. The zero-order valence-electron chi connectivity index (χ0n) is 11.3. The fourth-order valence-corrected chi connectivity index (χ4v) is 2.06. The number of phenols is 1. The number of hydrogen-bond donors (Lipinski definition) is 1. The molecule has 2 nitrogen and oxygen atoms in total. The first-order chi connectivity index (χ1) is 9.56. The number of likely N-dealkylation sites (N-methyl/N-ethyl adjacent to an activating group) is 1. The Labute approximate surface area is 117 Å². The van der Waals surface area contributed by atoms with Crippen LogP contribution < -0.4 is 0 Å². The van der Waals surface area contributed by atoms with Crippen LogP contribution in [0.5, 0.6) is 5.75 Å². The van der Waals surface area contributed by atoms with Gasteiger partial charge in [-0.2, -0.15) is 0 Å². The topological polar surface area (TPSA) is 23.5 Å². The average Bonchev–Trinajstić information content (AvgIpc) is 2.43. The van der Waals surface area contributed by atoms with Crippen LogP contribution in [0.15, 0.2) is 42.5 Å². The zero-order valence-corrected chi connectivity index (χ0v) is 11.3. The quantitative estimate of drug-likeness (QED) is 0.906. The Kier molecular flexibility index (Phi) is 4.69. The van der Waals surface area contributed by atoms with Crippen molar-refractivity contribution in [2.45, 2.75) is 13.0 Å². The molecule has 1 N–H and O–H groups in total. The number of rotatable bonds is 5. The molecule has 20 heavy (non-hydrogen) atoms. The number of hydrogen-bond acceptors (Lipinski definition) is 2. The van der Waals surface area contributed by atoms with Crippen LogP contribution >= 0.6 is 0 Å². The van der Waals surface area contributed by atoms with Gasteiger partial charge in [0.1, 0.15) is 0 Å². The third-order valence-corrected chi connectivity index (χ3v) is 3.15. The number of nitrogens with zero attached hydrogens (tertiary/aromatic N) is 1. The first-order valence-corrected chi connectivity index (χ1v) is 6.45. The van der Waals surface area contributed by atoms with Gasteiger partial charge in [-0.3, -0.25) is 0 Å². The van der Waals surface area contributed by atoms with Crippen molar-refractivity contribution in [3.63, 3.8) is 0 Å². The van der Waals surface area contributed by atoms with Crippen molar-refractivity contribution in [3.05, 3.63) is 65.2 Å². The number of aromatic hydroxyl groups is 1. The van der Waals surface area contributed by atoms with Gasteiger partial charge in [0.15, 0.2) is 17.4 Å². The van der Waals surface area contributed by atoms with Crippen LogP contribution in [0.1, 0.15) is 11.1 Å². The molecule has 106 valence electrons. The van der Waals surface area contributed by atoms with Crippen LogP contribution in [0, 0.1) is 11.6 Å². The van der Waals surface area contributed by atoms with Crippen molar-refractivity contribution in [2.75, 3.05) is 13.6 Å². The van der Waals surface area contributed by atoms with E-state index in [1.54, 1.807) is 0 Å². The van der Waals surface area contributed by atoms with Gasteiger partial charge in [0.05, 0.1) is 0 Å². The van der Waals surface area contributed by atoms with Gasteiger partial charge >= 0.3 is 0 Å². The second kappa shape index (κ2) is 6.48. The molecule has 0 bridgehead atoms. The van der Waals surface area contributed by atoms with E-state index in [9.17, 15) is 8.78 Å². The molecule has 0 heterocycles. The predicted molar refractivity (Wildman–Crippen MR) is 74.5 cm³/mol. The van der Waals surface area contributed by atoms with Crippen molar-refractivity contribution in [2.24, 2.45) is 0 Å². The molecule has 0 amide bonds. The summed E-state index contributed by atoms with van der Waals surface area (Å²) in [4.78, 5) is 1.98. The van der Waals surface area contributed by atoms with Gasteiger partial charge in [-0.25, -0.2) is 8.78 Å². The molecule has 0 aliphatic carbocycles. The van der Waals surface area contributed by atoms with Crippen LogP contribution in [-0.2, 0) is 13.0 Å². The Hall–Kier alpha value is -1.94. The maximum atomic E-state index is 13.2. The minimum absolute atomic E-state index is 0.432. The summed E-state index contributed by atoms with van der Waals surface area (Å²) in [5, 5.41) is 9.05. The number of phenolic OH excluding ortho intramolecular Hbond substituents is 1. The average molecular weight is 277 g/mol. The van der Waals surface area contributed by atoms with E-state index in [2.05, 4.69) is 0 Å². The Morgan fingerprint density at radius 2 is 1.60 bits per heavy atom. The summed E-state index contributed by atoms with van der Waals surface area (Å²) >= 11 is 0. The van der Waals surface area contributed by atoms with Crippen molar-refractivity contribution in [1.82, 2.24) is 4.90 Å². The highest BCUT2D eigenvalue weighted by molar-refractivity contribution is 5.30. The first-order valence-electron chi connectivity index (χ1n) is 6.45. The van der Waals surface area contributed by atoms with Crippen LogP contribution in [0.3, 0.4) is 0 Å². The monoisotopic (exact) mass is 277 g/mol. The predicted octanol–water partition coefficient (Wildman–Crippen LogP) is 3.34. The van der Waals surface area contributed by atoms with E-state index < -0.39 is 17.4 Å². The molecule has 0 unspecified atom stereocenters. The lowest BCUT2D eigenvalue weighted by atomic mass is 10.1. The highest BCUT2D eigenvalue weighted by atomic mass is 19.1. The van der Waals surface area contributed by atoms with Crippen molar-refractivity contribution in [1.29, 1.82) is 0 Å². The largest absolute Gasteiger partial charge is 0.503 e. The summed E-state index contributed by atoms with van der Waals surface area (Å²) < 4.78 is 26.5. The molecular formula is C16H17F2NO. The fourth-order valence-electron chi connectivity index (χ4n) is 2.06. The molecule has 0 atom stereocenters. The smallest absolute Gasteiger partial charge is 0.187 e. The van der Waals surface area contributed by atoms with Crippen molar-refractivity contribution < 1.29 is 13.9 Å². The van der Waals surface area contributed by atoms with Gasteiger partial charge in [-0.05, 0) is 36.7 Å². The van der Waals surface area contributed by atoms with Gasteiger partial charge in [-0.15, -0.1) is 0 Å². The van der Waals surface area contributed by atoms with Crippen LogP contribution in [0.25, 0.3) is 0 Å². The molecule has 0 spiro atoms. The highest BCUT2D eigenvalue weighted by Gasteiger charge is 2.10. The molecule has 0 fully saturated rings. The van der Waals surface area contributed by atoms with E-state index in [0.717, 1.165) is 25.1 Å². The molecule has 2 rings (SSSR count). The van der Waals surface area contributed by atoms with E-state index in [0.29, 0.717) is 12.1 Å². The van der Waals surface area contributed by atoms with E-state index in [-0.39, 0.29) is 0 Å². The molecule has 4 heteroatoms.